The number of para-hydroxylation sites is 1. The third-order valence-electron chi connectivity index (χ3n) is 5.18. The smallest absolute Gasteiger partial charge is 0.238 e. The quantitative estimate of drug-likeness (QED) is 0.828. The molecule has 2 amide bonds. The number of piperazine rings is 1. The molecule has 1 aliphatic rings. The van der Waals surface area contributed by atoms with Crippen LogP contribution in [0.3, 0.4) is 0 Å². The number of anilines is 1. The van der Waals surface area contributed by atoms with Crippen molar-refractivity contribution in [2.75, 3.05) is 38.0 Å². The molecule has 1 fully saturated rings. The van der Waals surface area contributed by atoms with Gasteiger partial charge in [-0.25, -0.2) is 0 Å². The Balaban J connectivity index is 2.00. The third-order valence-corrected chi connectivity index (χ3v) is 5.18. The first-order valence-electron chi connectivity index (χ1n) is 10.1. The summed E-state index contributed by atoms with van der Waals surface area (Å²) in [5.41, 5.74) is 3.34. The Hall–Kier alpha value is -1.88. The molecule has 2 rings (SSSR count). The van der Waals surface area contributed by atoms with E-state index in [1.165, 1.54) is 11.1 Å². The van der Waals surface area contributed by atoms with E-state index < -0.39 is 0 Å². The van der Waals surface area contributed by atoms with Crippen molar-refractivity contribution in [1.29, 1.82) is 0 Å². The number of carbonyl (C=O) groups excluding carboxylic acids is 2. The van der Waals surface area contributed by atoms with Gasteiger partial charge in [0.15, 0.2) is 0 Å². The molecule has 0 aromatic heterocycles. The van der Waals surface area contributed by atoms with Crippen LogP contribution in [0.5, 0.6) is 0 Å². The fraction of sp³-hybridized carbons (Fsp3) is 0.636. The van der Waals surface area contributed by atoms with E-state index in [9.17, 15) is 9.59 Å². The number of amides is 2. The van der Waals surface area contributed by atoms with E-state index >= 15 is 0 Å². The minimum atomic E-state index is 0.0219. The minimum Gasteiger partial charge on any atom is -0.340 e. The molecular weight excluding hydrogens is 338 g/mol. The van der Waals surface area contributed by atoms with Crippen LogP contribution in [0.1, 0.15) is 64.5 Å². The Morgan fingerprint density at radius 3 is 1.89 bits per heavy atom. The fourth-order valence-corrected chi connectivity index (χ4v) is 3.57. The third kappa shape index (κ3) is 5.55. The average Bonchev–Trinajstić information content (AvgIpc) is 2.61. The van der Waals surface area contributed by atoms with Gasteiger partial charge in [0.2, 0.25) is 11.8 Å². The molecule has 0 radical (unpaired) electrons. The topological polar surface area (TPSA) is 52.7 Å². The Labute approximate surface area is 164 Å². The number of hydrogen-bond acceptors (Lipinski definition) is 3. The Morgan fingerprint density at radius 1 is 0.926 bits per heavy atom. The molecule has 0 bridgehead atoms. The summed E-state index contributed by atoms with van der Waals surface area (Å²) in [6.07, 6.45) is 0. The summed E-state index contributed by atoms with van der Waals surface area (Å²) in [7, 11) is 0. The molecular formula is C22H35N3O2. The van der Waals surface area contributed by atoms with Crippen LogP contribution in [-0.2, 0) is 9.59 Å². The van der Waals surface area contributed by atoms with Gasteiger partial charge in [-0.15, -0.1) is 0 Å². The van der Waals surface area contributed by atoms with Crippen LogP contribution in [0.25, 0.3) is 0 Å². The lowest BCUT2D eigenvalue weighted by Crippen LogP contribution is -2.51. The van der Waals surface area contributed by atoms with Gasteiger partial charge in [0.25, 0.3) is 0 Å². The molecule has 1 heterocycles. The van der Waals surface area contributed by atoms with E-state index in [2.05, 4.69) is 56.1 Å². The van der Waals surface area contributed by atoms with Crippen LogP contribution in [0.2, 0.25) is 0 Å². The first-order valence-corrected chi connectivity index (χ1v) is 10.1. The second-order valence-corrected chi connectivity index (χ2v) is 8.43. The zero-order chi connectivity index (χ0) is 20.1. The molecule has 5 nitrogen and oxygen atoms in total. The molecule has 0 aliphatic carbocycles. The molecule has 1 saturated heterocycles. The van der Waals surface area contributed by atoms with Crippen molar-refractivity contribution in [3.8, 4) is 0 Å². The lowest BCUT2D eigenvalue weighted by molar-refractivity contribution is -0.136. The predicted octanol–water partition coefficient (Wildman–Crippen LogP) is 3.67. The lowest BCUT2D eigenvalue weighted by Gasteiger charge is -2.35. The summed E-state index contributed by atoms with van der Waals surface area (Å²) in [5.74, 6) is 0.955. The number of carbonyl (C=O) groups is 2. The first kappa shape index (κ1) is 21.4. The number of nitrogens with zero attached hydrogens (tertiary/aromatic N) is 2. The van der Waals surface area contributed by atoms with Crippen molar-refractivity contribution in [3.63, 3.8) is 0 Å². The largest absolute Gasteiger partial charge is 0.340 e. The molecule has 1 aromatic rings. The van der Waals surface area contributed by atoms with Gasteiger partial charge in [-0.1, -0.05) is 59.7 Å². The van der Waals surface area contributed by atoms with Gasteiger partial charge in [-0.2, -0.15) is 0 Å². The highest BCUT2D eigenvalue weighted by atomic mass is 16.2. The van der Waals surface area contributed by atoms with Gasteiger partial charge >= 0.3 is 0 Å². The fourth-order valence-electron chi connectivity index (χ4n) is 3.57. The van der Waals surface area contributed by atoms with Crippen molar-refractivity contribution in [2.24, 2.45) is 5.92 Å². The van der Waals surface area contributed by atoms with E-state index in [1.807, 2.05) is 18.7 Å². The second-order valence-electron chi connectivity index (χ2n) is 8.43. The van der Waals surface area contributed by atoms with Gasteiger partial charge in [0.05, 0.1) is 6.54 Å². The Morgan fingerprint density at radius 2 is 1.44 bits per heavy atom. The molecule has 5 heteroatoms. The minimum absolute atomic E-state index is 0.0219. The number of hydrogen-bond donors (Lipinski definition) is 1. The van der Waals surface area contributed by atoms with Crippen LogP contribution >= 0.6 is 0 Å². The maximum absolute atomic E-state index is 12.7. The standard InChI is InChI=1S/C22H35N3O2/c1-15(2)18-8-7-9-19(16(3)4)21(18)23-20(26)14-24-10-12-25(13-11-24)22(27)17(5)6/h7-9,15-17H,10-14H2,1-6H3,(H,23,26). The van der Waals surface area contributed by atoms with Crippen LogP contribution in [0, 0.1) is 5.92 Å². The molecule has 1 aromatic carbocycles. The summed E-state index contributed by atoms with van der Waals surface area (Å²) in [6.45, 7) is 15.7. The summed E-state index contributed by atoms with van der Waals surface area (Å²) in [6, 6.07) is 6.27. The number of benzene rings is 1. The van der Waals surface area contributed by atoms with Crippen molar-refractivity contribution in [2.45, 2.75) is 53.4 Å². The van der Waals surface area contributed by atoms with Gasteiger partial charge in [-0.3, -0.25) is 14.5 Å². The molecule has 27 heavy (non-hydrogen) atoms. The van der Waals surface area contributed by atoms with Gasteiger partial charge in [0.1, 0.15) is 0 Å². The summed E-state index contributed by atoms with van der Waals surface area (Å²) in [5, 5.41) is 3.18. The van der Waals surface area contributed by atoms with Crippen molar-refractivity contribution in [1.82, 2.24) is 9.80 Å². The maximum Gasteiger partial charge on any atom is 0.238 e. The second kappa shape index (κ2) is 9.36. The molecule has 0 unspecified atom stereocenters. The average molecular weight is 374 g/mol. The maximum atomic E-state index is 12.7. The summed E-state index contributed by atoms with van der Waals surface area (Å²) in [4.78, 5) is 28.9. The number of rotatable bonds is 6. The SMILES string of the molecule is CC(C)C(=O)N1CCN(CC(=O)Nc2c(C(C)C)cccc2C(C)C)CC1. The predicted molar refractivity (Wildman–Crippen MR) is 111 cm³/mol. The molecule has 1 aliphatic heterocycles. The normalized spacial score (nSPS) is 15.7. The Kier molecular flexibility index (Phi) is 7.42. The van der Waals surface area contributed by atoms with Gasteiger partial charge < -0.3 is 10.2 Å². The molecule has 150 valence electrons. The summed E-state index contributed by atoms with van der Waals surface area (Å²) >= 11 is 0. The highest BCUT2D eigenvalue weighted by Gasteiger charge is 2.24. The lowest BCUT2D eigenvalue weighted by atomic mass is 9.92. The van der Waals surface area contributed by atoms with Crippen LogP contribution in [0.15, 0.2) is 18.2 Å². The highest BCUT2D eigenvalue weighted by Crippen LogP contribution is 2.32. The first-order chi connectivity index (χ1) is 12.7. The molecule has 0 saturated carbocycles. The Bertz CT molecular complexity index is 633. The van der Waals surface area contributed by atoms with Gasteiger partial charge in [0, 0.05) is 37.8 Å². The van der Waals surface area contributed by atoms with Crippen molar-refractivity contribution in [3.05, 3.63) is 29.3 Å². The molecule has 1 N–H and O–H groups in total. The van der Waals surface area contributed by atoms with Crippen molar-refractivity contribution >= 4 is 17.5 Å². The van der Waals surface area contributed by atoms with Crippen LogP contribution in [-0.4, -0.2) is 54.3 Å². The zero-order valence-corrected chi connectivity index (χ0v) is 17.7. The summed E-state index contributed by atoms with van der Waals surface area (Å²) < 4.78 is 0. The number of nitrogens with one attached hydrogen (secondary N) is 1. The van der Waals surface area contributed by atoms with E-state index in [-0.39, 0.29) is 17.7 Å². The zero-order valence-electron chi connectivity index (χ0n) is 17.7. The monoisotopic (exact) mass is 373 g/mol. The van der Waals surface area contributed by atoms with E-state index in [4.69, 9.17) is 0 Å². The van der Waals surface area contributed by atoms with Crippen LogP contribution in [0.4, 0.5) is 5.69 Å². The van der Waals surface area contributed by atoms with Gasteiger partial charge in [-0.05, 0) is 23.0 Å². The molecule has 0 spiro atoms. The van der Waals surface area contributed by atoms with Crippen molar-refractivity contribution < 1.29 is 9.59 Å². The van der Waals surface area contributed by atoms with E-state index in [0.717, 1.165) is 18.8 Å². The van der Waals surface area contributed by atoms with Crippen LogP contribution < -0.4 is 5.32 Å². The highest BCUT2D eigenvalue weighted by molar-refractivity contribution is 5.94. The van der Waals surface area contributed by atoms with E-state index in [1.54, 1.807) is 0 Å². The molecule has 0 atom stereocenters. The van der Waals surface area contributed by atoms with E-state index in [0.29, 0.717) is 31.5 Å².